The number of morpholine rings is 1. The van der Waals surface area contributed by atoms with Crippen LogP contribution >= 0.6 is 0 Å². The Morgan fingerprint density at radius 2 is 1.50 bits per heavy atom. The number of carbonyl (C=O) groups excluding carboxylic acids is 1. The lowest BCUT2D eigenvalue weighted by Crippen LogP contribution is -2.53. The van der Waals surface area contributed by atoms with Gasteiger partial charge in [0.25, 0.3) is 5.91 Å². The summed E-state index contributed by atoms with van der Waals surface area (Å²) in [5.41, 5.74) is -0.598. The van der Waals surface area contributed by atoms with E-state index in [2.05, 4.69) is 4.90 Å². The second-order valence-electron chi connectivity index (χ2n) is 11.3. The number of hydrogen-bond donors (Lipinski definition) is 2. The van der Waals surface area contributed by atoms with E-state index in [1.807, 2.05) is 24.3 Å². The van der Waals surface area contributed by atoms with Gasteiger partial charge in [0.15, 0.2) is 11.6 Å². The van der Waals surface area contributed by atoms with Crippen LogP contribution in [0.2, 0.25) is 0 Å². The quantitative estimate of drug-likeness (QED) is 0.336. The number of hydrogen-bond acceptors (Lipinski definition) is 5. The number of carboxylic acid groups (broad SMARTS) is 2. The predicted molar refractivity (Wildman–Crippen MR) is 158 cm³/mol. The monoisotopic (exact) mass is 604 g/mol. The van der Waals surface area contributed by atoms with E-state index >= 15 is 0 Å². The zero-order valence-electron chi connectivity index (χ0n) is 24.1. The van der Waals surface area contributed by atoms with E-state index in [0.717, 1.165) is 23.8 Å². The normalized spacial score (nSPS) is 20.7. The van der Waals surface area contributed by atoms with Crippen molar-refractivity contribution in [1.82, 2.24) is 9.80 Å². The van der Waals surface area contributed by atoms with Gasteiger partial charge in [0.05, 0.1) is 18.7 Å². The van der Waals surface area contributed by atoms with E-state index in [-0.39, 0.29) is 24.6 Å². The molecule has 44 heavy (non-hydrogen) atoms. The van der Waals surface area contributed by atoms with Crippen molar-refractivity contribution in [3.63, 3.8) is 0 Å². The molecule has 2 fully saturated rings. The molecule has 0 radical (unpaired) electrons. The molecule has 0 aliphatic carbocycles. The largest absolute Gasteiger partial charge is 0.478 e. The van der Waals surface area contributed by atoms with Crippen LogP contribution in [0, 0.1) is 11.6 Å². The van der Waals surface area contributed by atoms with Crippen LogP contribution in [0.3, 0.4) is 0 Å². The van der Waals surface area contributed by atoms with Crippen LogP contribution in [-0.2, 0) is 25.3 Å². The van der Waals surface area contributed by atoms with Crippen LogP contribution in [0.1, 0.15) is 40.7 Å². The number of ether oxygens (including phenoxy) is 1. The summed E-state index contributed by atoms with van der Waals surface area (Å²) in [5, 5.41) is 19.5. The summed E-state index contributed by atoms with van der Waals surface area (Å²) >= 11 is 0. The van der Waals surface area contributed by atoms with Gasteiger partial charge >= 0.3 is 11.9 Å². The first kappa shape index (κ1) is 31.0. The lowest BCUT2D eigenvalue weighted by molar-refractivity contribution is -0.136. The Bertz CT molecular complexity index is 1540. The second-order valence-corrected chi connectivity index (χ2v) is 11.3. The van der Waals surface area contributed by atoms with Crippen LogP contribution in [0.25, 0.3) is 0 Å². The van der Waals surface area contributed by atoms with Crippen molar-refractivity contribution in [3.8, 4) is 0 Å². The molecule has 1 amide bonds. The minimum Gasteiger partial charge on any atom is -0.478 e. The van der Waals surface area contributed by atoms with Crippen LogP contribution < -0.4 is 0 Å². The van der Waals surface area contributed by atoms with Crippen molar-refractivity contribution in [2.45, 2.75) is 30.3 Å². The number of carbonyl (C=O) groups is 3. The Kier molecular flexibility index (Phi) is 9.22. The molecule has 5 rings (SSSR count). The standard InChI is InChI=1S/C34H34F2N2O6/c35-28-12-11-26(21-29(28)36)34(23-38(19-20-44-34)31(41)24-7-3-1-4-8-24)15-18-37-16-13-33(14-17-37,25-9-5-2-6-10-25)27(32(42)43)22-30(39)40/h1-12,21-22H,13-20,23H2,(H,39,40)(H,42,43)/b27-22-/t34-/m0/s1. The van der Waals surface area contributed by atoms with E-state index in [9.17, 15) is 33.4 Å². The summed E-state index contributed by atoms with van der Waals surface area (Å²) in [7, 11) is 0. The van der Waals surface area contributed by atoms with Crippen LogP contribution in [0.15, 0.2) is 90.5 Å². The molecule has 10 heteroatoms. The summed E-state index contributed by atoms with van der Waals surface area (Å²) in [6.45, 7) is 2.06. The molecular weight excluding hydrogens is 570 g/mol. The third-order valence-electron chi connectivity index (χ3n) is 8.82. The first-order valence-corrected chi connectivity index (χ1v) is 14.5. The number of aliphatic carboxylic acids is 2. The smallest absolute Gasteiger partial charge is 0.332 e. The molecule has 2 heterocycles. The fourth-order valence-corrected chi connectivity index (χ4v) is 6.47. The van der Waals surface area contributed by atoms with E-state index in [0.29, 0.717) is 56.6 Å². The SMILES string of the molecule is O=C(O)/C=C(/C(=O)O)C1(c2ccccc2)CCN(CC[C@@]2(c3ccc(F)c(F)c3)CN(C(=O)c3ccccc3)CCO2)CC1. The Morgan fingerprint density at radius 3 is 2.11 bits per heavy atom. The molecule has 0 saturated carbocycles. The number of likely N-dealkylation sites (tertiary alicyclic amines) is 1. The second kappa shape index (κ2) is 13.1. The van der Waals surface area contributed by atoms with Gasteiger partial charge in [0.1, 0.15) is 5.60 Å². The first-order valence-electron chi connectivity index (χ1n) is 14.5. The molecule has 0 bridgehead atoms. The van der Waals surface area contributed by atoms with Crippen molar-refractivity contribution in [2.24, 2.45) is 0 Å². The van der Waals surface area contributed by atoms with Crippen molar-refractivity contribution < 1.29 is 38.1 Å². The van der Waals surface area contributed by atoms with E-state index in [4.69, 9.17) is 4.74 Å². The summed E-state index contributed by atoms with van der Waals surface area (Å²) in [4.78, 5) is 41.1. The van der Waals surface area contributed by atoms with Crippen molar-refractivity contribution in [2.75, 3.05) is 39.3 Å². The van der Waals surface area contributed by atoms with Crippen molar-refractivity contribution >= 4 is 17.8 Å². The van der Waals surface area contributed by atoms with E-state index < -0.39 is 34.6 Å². The molecule has 0 spiro atoms. The topological polar surface area (TPSA) is 107 Å². The lowest BCUT2D eigenvalue weighted by Gasteiger charge is -2.46. The number of halogens is 2. The average Bonchev–Trinajstić information content (AvgIpc) is 3.04. The highest BCUT2D eigenvalue weighted by molar-refractivity contribution is 5.97. The maximum Gasteiger partial charge on any atom is 0.332 e. The third kappa shape index (κ3) is 6.41. The van der Waals surface area contributed by atoms with Gasteiger partial charge in [-0.15, -0.1) is 0 Å². The summed E-state index contributed by atoms with van der Waals surface area (Å²) in [6, 6.07) is 21.6. The summed E-state index contributed by atoms with van der Waals surface area (Å²) in [6.07, 6.45) is 1.86. The number of amides is 1. The maximum absolute atomic E-state index is 14.5. The van der Waals surface area contributed by atoms with Gasteiger partial charge in [0.2, 0.25) is 0 Å². The Labute approximate surface area is 254 Å². The van der Waals surface area contributed by atoms with Gasteiger partial charge in [-0.25, -0.2) is 18.4 Å². The fourth-order valence-electron chi connectivity index (χ4n) is 6.47. The molecule has 3 aromatic carbocycles. The number of piperidine rings is 1. The van der Waals surface area contributed by atoms with Gasteiger partial charge in [-0.3, -0.25) is 4.79 Å². The highest BCUT2D eigenvalue weighted by atomic mass is 19.2. The zero-order valence-corrected chi connectivity index (χ0v) is 24.1. The Morgan fingerprint density at radius 1 is 0.841 bits per heavy atom. The minimum atomic E-state index is -1.32. The predicted octanol–water partition coefficient (Wildman–Crippen LogP) is 4.85. The van der Waals surface area contributed by atoms with E-state index in [1.165, 1.54) is 6.07 Å². The van der Waals surface area contributed by atoms with Crippen LogP contribution in [0.4, 0.5) is 8.78 Å². The molecule has 230 valence electrons. The van der Waals surface area contributed by atoms with Gasteiger partial charge in [-0.05, 0) is 67.7 Å². The molecule has 0 unspecified atom stereocenters. The molecule has 3 aromatic rings. The lowest BCUT2D eigenvalue weighted by atomic mass is 9.67. The summed E-state index contributed by atoms with van der Waals surface area (Å²) in [5.74, 6) is -4.76. The summed E-state index contributed by atoms with van der Waals surface area (Å²) < 4.78 is 34.7. The van der Waals surface area contributed by atoms with Crippen LogP contribution in [-0.4, -0.2) is 77.2 Å². The molecule has 2 aliphatic heterocycles. The number of benzene rings is 3. The molecule has 1 atom stereocenters. The Hall–Kier alpha value is -4.41. The number of rotatable bonds is 9. The number of nitrogens with zero attached hydrogens (tertiary/aromatic N) is 2. The van der Waals surface area contributed by atoms with Crippen LogP contribution in [0.5, 0.6) is 0 Å². The fraction of sp³-hybridized carbons (Fsp3) is 0.324. The first-order chi connectivity index (χ1) is 21.1. The molecule has 2 N–H and O–H groups in total. The van der Waals surface area contributed by atoms with Gasteiger partial charge in [-0.2, -0.15) is 0 Å². The molecule has 8 nitrogen and oxygen atoms in total. The third-order valence-corrected chi connectivity index (χ3v) is 8.82. The maximum atomic E-state index is 14.5. The molecule has 0 aromatic heterocycles. The van der Waals surface area contributed by atoms with E-state index in [1.54, 1.807) is 41.3 Å². The highest BCUT2D eigenvalue weighted by Crippen LogP contribution is 2.43. The van der Waals surface area contributed by atoms with Gasteiger partial charge in [-0.1, -0.05) is 54.6 Å². The van der Waals surface area contributed by atoms with Gasteiger partial charge < -0.3 is 24.7 Å². The molecular formula is C34H34F2N2O6. The van der Waals surface area contributed by atoms with Gasteiger partial charge in [0, 0.05) is 30.1 Å². The van der Waals surface area contributed by atoms with Crippen molar-refractivity contribution in [1.29, 1.82) is 0 Å². The van der Waals surface area contributed by atoms with Crippen molar-refractivity contribution in [3.05, 3.63) is 119 Å². The average molecular weight is 605 g/mol. The molecule has 2 saturated heterocycles. The Balaban J connectivity index is 1.39. The zero-order chi connectivity index (χ0) is 31.3. The minimum absolute atomic E-state index is 0.137. The molecule has 2 aliphatic rings. The number of carboxylic acids is 2. The highest BCUT2D eigenvalue weighted by Gasteiger charge is 2.45.